The number of amides is 1. The zero-order valence-corrected chi connectivity index (χ0v) is 14.8. The normalized spacial score (nSPS) is 10.0. The number of carbonyl (C=O) groups is 1. The molecule has 1 aromatic carbocycles. The number of thiophene rings is 1. The van der Waals surface area contributed by atoms with Crippen LogP contribution in [0.1, 0.15) is 15.2 Å². The van der Waals surface area contributed by atoms with Crippen molar-refractivity contribution in [3.05, 3.63) is 47.4 Å². The van der Waals surface area contributed by atoms with E-state index in [4.69, 9.17) is 5.26 Å². The Morgan fingerprint density at radius 2 is 2.00 bits per heavy atom. The summed E-state index contributed by atoms with van der Waals surface area (Å²) in [5.74, 6) is -0.244. The molecule has 3 nitrogen and oxygen atoms in total. The number of hydrogen-bond acceptors (Lipinski definition) is 3. The average Bonchev–Trinajstić information content (AvgIpc) is 2.70. The molecule has 0 bridgehead atoms. The largest absolute Gasteiger partial charge is 0.320 e. The monoisotopic (exact) mass is 462 g/mol. The van der Waals surface area contributed by atoms with Crippen molar-refractivity contribution in [2.45, 2.75) is 0 Å². The molecule has 0 atom stereocenters. The summed E-state index contributed by atoms with van der Waals surface area (Å²) in [5.41, 5.74) is 0.911. The molecule has 2 rings (SSSR count). The van der Waals surface area contributed by atoms with E-state index in [1.807, 2.05) is 6.07 Å². The maximum absolute atomic E-state index is 12.1. The second-order valence-electron chi connectivity index (χ2n) is 3.49. The number of nitrogens with one attached hydrogen (secondary N) is 1. The molecular weight excluding hydrogens is 460 g/mol. The number of rotatable bonds is 2. The van der Waals surface area contributed by atoms with Crippen LogP contribution in [0, 0.1) is 11.3 Å². The molecule has 0 fully saturated rings. The highest BCUT2D eigenvalue weighted by atomic mass is 79.9. The first-order chi connectivity index (χ1) is 9.01. The summed E-state index contributed by atoms with van der Waals surface area (Å²) in [5, 5.41) is 11.7. The van der Waals surface area contributed by atoms with Crippen molar-refractivity contribution in [1.82, 2.24) is 0 Å². The quantitative estimate of drug-likeness (QED) is 0.667. The number of anilines is 1. The first kappa shape index (κ1) is 14.7. The molecule has 0 saturated carbocycles. The molecule has 0 radical (unpaired) electrons. The zero-order valence-electron chi connectivity index (χ0n) is 9.21. The van der Waals surface area contributed by atoms with Crippen LogP contribution in [0.2, 0.25) is 0 Å². The first-order valence-corrected chi connectivity index (χ1v) is 8.16. The topological polar surface area (TPSA) is 52.9 Å². The molecule has 1 heterocycles. The third-order valence-corrected chi connectivity index (χ3v) is 5.97. The van der Waals surface area contributed by atoms with Gasteiger partial charge in [-0.15, -0.1) is 11.3 Å². The SMILES string of the molecule is N#Cc1ccc(Br)cc1NC(=O)c1cc(Br)c(Br)s1. The molecule has 1 aromatic heterocycles. The molecule has 0 saturated heterocycles. The van der Waals surface area contributed by atoms with Crippen molar-refractivity contribution in [3.8, 4) is 6.07 Å². The number of nitriles is 1. The van der Waals surface area contributed by atoms with Crippen molar-refractivity contribution in [2.75, 3.05) is 5.32 Å². The Labute approximate surface area is 139 Å². The van der Waals surface area contributed by atoms with E-state index in [9.17, 15) is 4.79 Å². The zero-order chi connectivity index (χ0) is 14.0. The van der Waals surface area contributed by atoms with Crippen LogP contribution in [0.4, 0.5) is 5.69 Å². The molecule has 0 aliphatic carbocycles. The van der Waals surface area contributed by atoms with E-state index in [0.29, 0.717) is 16.1 Å². The van der Waals surface area contributed by atoms with E-state index < -0.39 is 0 Å². The molecule has 19 heavy (non-hydrogen) atoms. The number of carbonyl (C=O) groups excluding carboxylic acids is 1. The molecule has 0 aliphatic heterocycles. The van der Waals surface area contributed by atoms with Crippen molar-refractivity contribution < 1.29 is 4.79 Å². The second-order valence-corrected chi connectivity index (χ2v) is 7.63. The molecule has 1 amide bonds. The van der Waals surface area contributed by atoms with Crippen LogP contribution in [-0.4, -0.2) is 5.91 Å². The van der Waals surface area contributed by atoms with E-state index in [1.165, 1.54) is 11.3 Å². The highest BCUT2D eigenvalue weighted by molar-refractivity contribution is 9.13. The number of benzene rings is 1. The van der Waals surface area contributed by atoms with E-state index in [1.54, 1.807) is 24.3 Å². The maximum atomic E-state index is 12.1. The van der Waals surface area contributed by atoms with Crippen LogP contribution in [0.5, 0.6) is 0 Å². The maximum Gasteiger partial charge on any atom is 0.265 e. The molecule has 0 aliphatic rings. The fraction of sp³-hybridized carbons (Fsp3) is 0. The van der Waals surface area contributed by atoms with Crippen LogP contribution in [-0.2, 0) is 0 Å². The predicted octanol–water partition coefficient (Wildman–Crippen LogP) is 5.16. The smallest absolute Gasteiger partial charge is 0.265 e. The minimum absolute atomic E-state index is 0.244. The molecule has 96 valence electrons. The molecule has 7 heteroatoms. The van der Waals surface area contributed by atoms with Crippen molar-refractivity contribution in [3.63, 3.8) is 0 Å². The molecule has 2 aromatic rings. The van der Waals surface area contributed by atoms with E-state index in [2.05, 4.69) is 53.1 Å². The summed E-state index contributed by atoms with van der Waals surface area (Å²) in [7, 11) is 0. The summed E-state index contributed by atoms with van der Waals surface area (Å²) in [6, 6.07) is 8.89. The lowest BCUT2D eigenvalue weighted by Gasteiger charge is -2.06. The van der Waals surface area contributed by atoms with Crippen LogP contribution in [0.3, 0.4) is 0 Å². The van der Waals surface area contributed by atoms with Gasteiger partial charge in [-0.25, -0.2) is 0 Å². The molecule has 0 unspecified atom stereocenters. The lowest BCUT2D eigenvalue weighted by atomic mass is 10.2. The van der Waals surface area contributed by atoms with Gasteiger partial charge in [0.2, 0.25) is 0 Å². The minimum Gasteiger partial charge on any atom is -0.320 e. The molecular formula is C12H5Br3N2OS. The fourth-order valence-electron chi connectivity index (χ4n) is 1.36. The van der Waals surface area contributed by atoms with Crippen molar-refractivity contribution >= 4 is 70.7 Å². The standard InChI is InChI=1S/C12H5Br3N2OS/c13-7-2-1-6(5-16)9(3-7)17-12(18)10-4-8(14)11(15)19-10/h1-4H,(H,17,18). The lowest BCUT2D eigenvalue weighted by molar-refractivity contribution is 0.103. The summed E-state index contributed by atoms with van der Waals surface area (Å²) in [4.78, 5) is 12.6. The highest BCUT2D eigenvalue weighted by Gasteiger charge is 2.14. The van der Waals surface area contributed by atoms with Gasteiger partial charge in [-0.3, -0.25) is 4.79 Å². The summed E-state index contributed by atoms with van der Waals surface area (Å²) >= 11 is 11.3. The Bertz CT molecular complexity index is 671. The van der Waals surface area contributed by atoms with Gasteiger partial charge in [0.15, 0.2) is 0 Å². The lowest BCUT2D eigenvalue weighted by Crippen LogP contribution is -2.11. The van der Waals surface area contributed by atoms with Crippen molar-refractivity contribution in [1.29, 1.82) is 5.26 Å². The van der Waals surface area contributed by atoms with Crippen LogP contribution < -0.4 is 5.32 Å². The number of halogens is 3. The summed E-state index contributed by atoms with van der Waals surface area (Å²) in [6.45, 7) is 0. The highest BCUT2D eigenvalue weighted by Crippen LogP contribution is 2.33. The van der Waals surface area contributed by atoms with Gasteiger partial charge in [0, 0.05) is 8.95 Å². The second kappa shape index (κ2) is 6.18. The van der Waals surface area contributed by atoms with E-state index >= 15 is 0 Å². The van der Waals surface area contributed by atoms with Gasteiger partial charge in [0.1, 0.15) is 6.07 Å². The Kier molecular flexibility index (Phi) is 4.79. The average molecular weight is 465 g/mol. The van der Waals surface area contributed by atoms with Crippen LogP contribution in [0.15, 0.2) is 37.0 Å². The van der Waals surface area contributed by atoms with Gasteiger partial charge in [0.05, 0.1) is 19.9 Å². The molecule has 1 N–H and O–H groups in total. The Balaban J connectivity index is 2.29. The van der Waals surface area contributed by atoms with Gasteiger partial charge >= 0.3 is 0 Å². The van der Waals surface area contributed by atoms with Gasteiger partial charge in [-0.2, -0.15) is 5.26 Å². The summed E-state index contributed by atoms with van der Waals surface area (Å²) < 4.78 is 2.49. The summed E-state index contributed by atoms with van der Waals surface area (Å²) in [6.07, 6.45) is 0. The van der Waals surface area contributed by atoms with E-state index in [-0.39, 0.29) is 5.91 Å². The van der Waals surface area contributed by atoms with Gasteiger partial charge < -0.3 is 5.32 Å². The number of nitrogens with zero attached hydrogens (tertiary/aromatic N) is 1. The Morgan fingerprint density at radius 1 is 1.26 bits per heavy atom. The van der Waals surface area contributed by atoms with Crippen molar-refractivity contribution in [2.24, 2.45) is 0 Å². The molecule has 0 spiro atoms. The Hall–Kier alpha value is -0.680. The third kappa shape index (κ3) is 3.45. The van der Waals surface area contributed by atoms with Gasteiger partial charge in [-0.05, 0) is 56.1 Å². The first-order valence-electron chi connectivity index (χ1n) is 4.97. The third-order valence-electron chi connectivity index (χ3n) is 2.22. The minimum atomic E-state index is -0.244. The van der Waals surface area contributed by atoms with Gasteiger partial charge in [-0.1, -0.05) is 15.9 Å². The number of hydrogen-bond donors (Lipinski definition) is 1. The van der Waals surface area contributed by atoms with Crippen LogP contribution in [0.25, 0.3) is 0 Å². The van der Waals surface area contributed by atoms with Crippen LogP contribution >= 0.6 is 59.1 Å². The van der Waals surface area contributed by atoms with Gasteiger partial charge in [0.25, 0.3) is 5.91 Å². The Morgan fingerprint density at radius 3 is 2.58 bits per heavy atom. The fourth-order valence-corrected chi connectivity index (χ4v) is 3.65. The van der Waals surface area contributed by atoms with E-state index in [0.717, 1.165) is 12.7 Å². The predicted molar refractivity (Wildman–Crippen MR) is 86.5 cm³/mol.